The summed E-state index contributed by atoms with van der Waals surface area (Å²) < 4.78 is 5.47. The molecule has 0 aliphatic carbocycles. The number of halogens is 1. The van der Waals surface area contributed by atoms with Gasteiger partial charge in [-0.3, -0.25) is 4.79 Å². The number of rotatable bonds is 1. The largest absolute Gasteiger partial charge is 0.366 e. The van der Waals surface area contributed by atoms with Crippen LogP contribution in [0.25, 0.3) is 0 Å². The van der Waals surface area contributed by atoms with Gasteiger partial charge in [-0.1, -0.05) is 6.92 Å². The van der Waals surface area contributed by atoms with Gasteiger partial charge in [-0.05, 0) is 18.8 Å². The minimum Gasteiger partial charge on any atom is -0.366 e. The monoisotopic (exact) mass is 248 g/mol. The number of morpholine rings is 1. The highest BCUT2D eigenvalue weighted by atomic mass is 35.5. The van der Waals surface area contributed by atoms with Crippen molar-refractivity contribution in [2.75, 3.05) is 32.8 Å². The number of carbonyl (C=O) groups is 1. The van der Waals surface area contributed by atoms with E-state index in [1.165, 1.54) is 0 Å². The molecule has 2 aliphatic rings. The van der Waals surface area contributed by atoms with Crippen molar-refractivity contribution < 1.29 is 9.53 Å². The van der Waals surface area contributed by atoms with Crippen LogP contribution in [0.3, 0.4) is 0 Å². The summed E-state index contributed by atoms with van der Waals surface area (Å²) in [5.74, 6) is 0.938. The lowest BCUT2D eigenvalue weighted by molar-refractivity contribution is -0.146. The number of ether oxygens (including phenoxy) is 1. The average Bonchev–Trinajstić information content (AvgIpc) is 2.30. The Hall–Kier alpha value is -0.320. The molecule has 2 rings (SSSR count). The number of carbonyl (C=O) groups excluding carboxylic acids is 1. The van der Waals surface area contributed by atoms with E-state index in [2.05, 4.69) is 12.2 Å². The topological polar surface area (TPSA) is 41.6 Å². The van der Waals surface area contributed by atoms with Gasteiger partial charge in [0.15, 0.2) is 0 Å². The maximum atomic E-state index is 12.0. The highest BCUT2D eigenvalue weighted by Gasteiger charge is 2.28. The maximum absolute atomic E-state index is 12.0. The molecule has 0 aromatic heterocycles. The first-order chi connectivity index (χ1) is 7.27. The Morgan fingerprint density at radius 2 is 2.06 bits per heavy atom. The Kier molecular flexibility index (Phi) is 5.52. The van der Waals surface area contributed by atoms with Crippen molar-refractivity contribution in [2.24, 2.45) is 5.92 Å². The van der Waals surface area contributed by atoms with Crippen molar-refractivity contribution >= 4 is 18.3 Å². The van der Waals surface area contributed by atoms with E-state index in [0.29, 0.717) is 13.2 Å². The third-order valence-electron chi connectivity index (χ3n) is 3.30. The van der Waals surface area contributed by atoms with Gasteiger partial charge in [-0.15, -0.1) is 12.4 Å². The summed E-state index contributed by atoms with van der Waals surface area (Å²) in [5.41, 5.74) is 0. The number of hydrogen-bond acceptors (Lipinski definition) is 3. The lowest BCUT2D eigenvalue weighted by Gasteiger charge is -2.34. The molecule has 1 amide bonds. The van der Waals surface area contributed by atoms with Gasteiger partial charge in [-0.2, -0.15) is 0 Å². The van der Waals surface area contributed by atoms with Gasteiger partial charge in [0.05, 0.1) is 6.61 Å². The number of amides is 1. The number of hydrogen-bond donors (Lipinski definition) is 1. The van der Waals surface area contributed by atoms with E-state index in [9.17, 15) is 4.79 Å². The zero-order chi connectivity index (χ0) is 10.7. The smallest absolute Gasteiger partial charge is 0.253 e. The molecule has 2 aliphatic heterocycles. The summed E-state index contributed by atoms with van der Waals surface area (Å²) in [6, 6.07) is 0. The molecule has 0 radical (unpaired) electrons. The van der Waals surface area contributed by atoms with Crippen LogP contribution < -0.4 is 5.32 Å². The second-order valence-electron chi connectivity index (χ2n) is 4.57. The second-order valence-corrected chi connectivity index (χ2v) is 4.57. The molecule has 2 heterocycles. The standard InChI is InChI=1S/C11H20N2O2.ClH/c1-9-2-5-13(6-3-9)11(14)10-8-12-4-7-15-10;/h9-10,12H,2-8H2,1H3;1H. The highest BCUT2D eigenvalue weighted by Crippen LogP contribution is 2.17. The molecule has 94 valence electrons. The molecule has 2 fully saturated rings. The molecule has 0 aromatic rings. The van der Waals surface area contributed by atoms with Crippen LogP contribution in [0, 0.1) is 5.92 Å². The first-order valence-corrected chi connectivity index (χ1v) is 5.88. The van der Waals surface area contributed by atoms with Crippen molar-refractivity contribution in [1.82, 2.24) is 10.2 Å². The first kappa shape index (κ1) is 13.7. The molecule has 2 saturated heterocycles. The van der Waals surface area contributed by atoms with E-state index in [0.717, 1.165) is 38.4 Å². The van der Waals surface area contributed by atoms with Crippen LogP contribution in [-0.2, 0) is 9.53 Å². The minimum absolute atomic E-state index is 0. The Balaban J connectivity index is 0.00000128. The molecule has 1 unspecified atom stereocenters. The van der Waals surface area contributed by atoms with Gasteiger partial charge in [0.25, 0.3) is 5.91 Å². The Labute approximate surface area is 103 Å². The first-order valence-electron chi connectivity index (χ1n) is 5.88. The van der Waals surface area contributed by atoms with Crippen molar-refractivity contribution in [1.29, 1.82) is 0 Å². The fourth-order valence-electron chi connectivity index (χ4n) is 2.16. The average molecular weight is 249 g/mol. The highest BCUT2D eigenvalue weighted by molar-refractivity contribution is 5.85. The van der Waals surface area contributed by atoms with Gasteiger partial charge < -0.3 is 15.0 Å². The Morgan fingerprint density at radius 3 is 2.62 bits per heavy atom. The number of likely N-dealkylation sites (tertiary alicyclic amines) is 1. The predicted molar refractivity (Wildman–Crippen MR) is 64.8 cm³/mol. The minimum atomic E-state index is -0.243. The van der Waals surface area contributed by atoms with E-state index in [-0.39, 0.29) is 24.4 Å². The van der Waals surface area contributed by atoms with E-state index >= 15 is 0 Å². The Bertz CT molecular complexity index is 224. The number of nitrogens with zero attached hydrogens (tertiary/aromatic N) is 1. The van der Waals surface area contributed by atoms with E-state index in [4.69, 9.17) is 4.74 Å². The fourth-order valence-corrected chi connectivity index (χ4v) is 2.16. The summed E-state index contributed by atoms with van der Waals surface area (Å²) >= 11 is 0. The van der Waals surface area contributed by atoms with Crippen LogP contribution in [0.15, 0.2) is 0 Å². The summed E-state index contributed by atoms with van der Waals surface area (Å²) in [5, 5.41) is 3.19. The zero-order valence-corrected chi connectivity index (χ0v) is 10.6. The molecule has 0 spiro atoms. The Morgan fingerprint density at radius 1 is 1.38 bits per heavy atom. The van der Waals surface area contributed by atoms with E-state index in [1.54, 1.807) is 0 Å². The molecule has 5 heteroatoms. The maximum Gasteiger partial charge on any atom is 0.253 e. The molecule has 4 nitrogen and oxygen atoms in total. The van der Waals surface area contributed by atoms with E-state index in [1.807, 2.05) is 4.90 Å². The lowest BCUT2D eigenvalue weighted by Crippen LogP contribution is -2.51. The van der Waals surface area contributed by atoms with Gasteiger partial charge in [0.1, 0.15) is 6.10 Å². The van der Waals surface area contributed by atoms with Gasteiger partial charge >= 0.3 is 0 Å². The summed E-state index contributed by atoms with van der Waals surface area (Å²) in [7, 11) is 0. The lowest BCUT2D eigenvalue weighted by atomic mass is 9.99. The van der Waals surface area contributed by atoms with E-state index < -0.39 is 0 Å². The van der Waals surface area contributed by atoms with Crippen molar-refractivity contribution in [3.63, 3.8) is 0 Å². The second kappa shape index (κ2) is 6.42. The van der Waals surface area contributed by atoms with Crippen molar-refractivity contribution in [3.05, 3.63) is 0 Å². The molecule has 1 atom stereocenters. The number of nitrogens with one attached hydrogen (secondary N) is 1. The normalized spacial score (nSPS) is 27.3. The van der Waals surface area contributed by atoms with Gasteiger partial charge in [0, 0.05) is 26.2 Å². The quantitative estimate of drug-likeness (QED) is 0.741. The van der Waals surface area contributed by atoms with Crippen LogP contribution in [0.5, 0.6) is 0 Å². The molecule has 0 bridgehead atoms. The number of piperidine rings is 1. The van der Waals surface area contributed by atoms with Crippen LogP contribution >= 0.6 is 12.4 Å². The SMILES string of the molecule is CC1CCN(C(=O)C2CNCCO2)CC1.Cl. The van der Waals surface area contributed by atoms with Crippen LogP contribution in [-0.4, -0.2) is 49.7 Å². The van der Waals surface area contributed by atoms with Crippen molar-refractivity contribution in [3.8, 4) is 0 Å². The molecule has 16 heavy (non-hydrogen) atoms. The molecule has 0 saturated carbocycles. The van der Waals surface area contributed by atoms with Crippen molar-refractivity contribution in [2.45, 2.75) is 25.9 Å². The summed E-state index contributed by atoms with van der Waals surface area (Å²) in [6.45, 7) is 6.24. The van der Waals surface area contributed by atoms with Crippen LogP contribution in [0.1, 0.15) is 19.8 Å². The van der Waals surface area contributed by atoms with Gasteiger partial charge in [0.2, 0.25) is 0 Å². The molecule has 0 aromatic carbocycles. The molecule has 1 N–H and O–H groups in total. The van der Waals surface area contributed by atoms with Gasteiger partial charge in [-0.25, -0.2) is 0 Å². The van der Waals surface area contributed by atoms with Crippen LogP contribution in [0.4, 0.5) is 0 Å². The summed E-state index contributed by atoms with van der Waals surface area (Å²) in [4.78, 5) is 14.0. The fraction of sp³-hybridized carbons (Fsp3) is 0.909. The molecular formula is C11H21ClN2O2. The summed E-state index contributed by atoms with van der Waals surface area (Å²) in [6.07, 6.45) is 2.02. The van der Waals surface area contributed by atoms with Crippen LogP contribution in [0.2, 0.25) is 0 Å². The zero-order valence-electron chi connectivity index (χ0n) is 9.78. The molecular weight excluding hydrogens is 228 g/mol. The predicted octanol–water partition coefficient (Wildman–Crippen LogP) is 0.655. The third kappa shape index (κ3) is 3.34. The third-order valence-corrected chi connectivity index (χ3v) is 3.30.